The number of hydrogen-bond acceptors (Lipinski definition) is 9. The number of rotatable bonds is 4. The number of benzene rings is 3. The lowest BCUT2D eigenvalue weighted by Crippen LogP contribution is -2.37. The average molecular weight is 637 g/mol. The molecule has 4 aliphatic rings. The lowest BCUT2D eigenvalue weighted by molar-refractivity contribution is 0.00421. The monoisotopic (exact) mass is 636 g/mol. The second-order valence-corrected chi connectivity index (χ2v) is 15.3. The number of ether oxygens (including phenoxy) is 4. The summed E-state index contributed by atoms with van der Waals surface area (Å²) >= 11 is 0. The van der Waals surface area contributed by atoms with Crippen LogP contribution in [0.4, 0.5) is 0 Å². The molecule has 9 heteroatoms. The van der Waals surface area contributed by atoms with E-state index >= 15 is 0 Å². The molecule has 3 N–H and O–H groups in total. The standard InChI is InChI=1S/C35H40O7S2/c1-39-27-16-28-32-25-12-19(24-15-21(36)9-10-23(24)31(25)27)8-7-18-5-4-6-22(11-18)44-43-17-26(32)33(37)35(42-28)20-13-29(40-2)34(38)30(14-20)41-3/h9-10,13-16,18-19,22,26,33,35-38H,4-8,11-12,17H2,1-3H3/t18-,19-,22+,26-,33-,35-/m1/s1. The average Bonchev–Trinajstić information content (AvgIpc) is 3.04. The second-order valence-electron chi connectivity index (χ2n) is 12.5. The maximum absolute atomic E-state index is 12.2. The molecule has 6 atom stereocenters. The van der Waals surface area contributed by atoms with Gasteiger partial charge in [0, 0.05) is 39.7 Å². The molecular formula is C35H40O7S2. The molecule has 0 aromatic heterocycles. The Morgan fingerprint density at radius 2 is 1.66 bits per heavy atom. The van der Waals surface area contributed by atoms with Gasteiger partial charge in [-0.3, -0.25) is 0 Å². The number of phenols is 2. The zero-order chi connectivity index (χ0) is 30.5. The number of fused-ring (bicyclic) bond motifs is 6. The number of phenolic OH excluding ortho intramolecular Hbond substituents is 2. The van der Waals surface area contributed by atoms with Crippen molar-refractivity contribution in [2.45, 2.75) is 74.2 Å². The first-order valence-corrected chi connectivity index (χ1v) is 17.9. The Morgan fingerprint density at radius 3 is 2.41 bits per heavy atom. The Bertz CT molecular complexity index is 1530. The molecule has 1 fully saturated rings. The summed E-state index contributed by atoms with van der Waals surface area (Å²) in [5.74, 6) is 3.67. The summed E-state index contributed by atoms with van der Waals surface area (Å²) in [4.78, 5) is 0. The molecule has 0 amide bonds. The van der Waals surface area contributed by atoms with Crippen LogP contribution < -0.4 is 18.9 Å². The Labute approximate surface area is 266 Å². The largest absolute Gasteiger partial charge is 0.508 e. The first-order chi connectivity index (χ1) is 21.4. The van der Waals surface area contributed by atoms with Crippen molar-refractivity contribution in [2.24, 2.45) is 5.92 Å². The van der Waals surface area contributed by atoms with Crippen molar-refractivity contribution in [1.29, 1.82) is 0 Å². The molecular weight excluding hydrogens is 597 g/mol. The molecule has 234 valence electrons. The van der Waals surface area contributed by atoms with Crippen LogP contribution in [0.3, 0.4) is 0 Å². The van der Waals surface area contributed by atoms with Gasteiger partial charge in [0.25, 0.3) is 0 Å². The maximum atomic E-state index is 12.2. The van der Waals surface area contributed by atoms with E-state index in [9.17, 15) is 15.3 Å². The molecule has 3 aromatic rings. The molecule has 2 heterocycles. The summed E-state index contributed by atoms with van der Waals surface area (Å²) in [6.45, 7) is 0. The van der Waals surface area contributed by atoms with Crippen molar-refractivity contribution in [3.63, 3.8) is 0 Å². The van der Waals surface area contributed by atoms with Crippen LogP contribution in [-0.2, 0) is 6.42 Å². The highest BCUT2D eigenvalue weighted by molar-refractivity contribution is 8.76. The van der Waals surface area contributed by atoms with E-state index in [-0.39, 0.29) is 34.8 Å². The van der Waals surface area contributed by atoms with Crippen LogP contribution in [0.15, 0.2) is 36.4 Å². The Morgan fingerprint density at radius 1 is 0.886 bits per heavy atom. The molecule has 0 unspecified atom stereocenters. The van der Waals surface area contributed by atoms with Crippen LogP contribution in [-0.4, -0.2) is 53.8 Å². The Kier molecular flexibility index (Phi) is 8.22. The van der Waals surface area contributed by atoms with Gasteiger partial charge in [-0.25, -0.2) is 0 Å². The van der Waals surface area contributed by atoms with Gasteiger partial charge in [-0.2, -0.15) is 0 Å². The molecule has 2 aliphatic heterocycles. The summed E-state index contributed by atoms with van der Waals surface area (Å²) in [5.41, 5.74) is 6.21. The van der Waals surface area contributed by atoms with E-state index in [1.54, 1.807) is 25.3 Å². The molecule has 0 spiro atoms. The van der Waals surface area contributed by atoms with Gasteiger partial charge in [-0.05, 0) is 84.9 Å². The van der Waals surface area contributed by atoms with Crippen molar-refractivity contribution in [3.05, 3.63) is 58.7 Å². The third-order valence-electron chi connectivity index (χ3n) is 10.1. The highest BCUT2D eigenvalue weighted by atomic mass is 33.1. The van der Waals surface area contributed by atoms with Crippen molar-refractivity contribution in [2.75, 3.05) is 27.1 Å². The van der Waals surface area contributed by atoms with Crippen molar-refractivity contribution >= 4 is 21.6 Å². The number of aliphatic hydroxyl groups excluding tert-OH is 1. The lowest BCUT2D eigenvalue weighted by atomic mass is 9.71. The molecule has 0 saturated heterocycles. The molecule has 3 aromatic carbocycles. The highest BCUT2D eigenvalue weighted by Crippen LogP contribution is 2.57. The van der Waals surface area contributed by atoms with Crippen LogP contribution in [0.5, 0.6) is 34.5 Å². The minimum atomic E-state index is -0.851. The van der Waals surface area contributed by atoms with Crippen LogP contribution in [0.1, 0.15) is 78.7 Å². The fourth-order valence-electron chi connectivity index (χ4n) is 7.95. The van der Waals surface area contributed by atoms with Gasteiger partial charge in [0.15, 0.2) is 17.6 Å². The first kappa shape index (κ1) is 29.8. The quantitative estimate of drug-likeness (QED) is 0.249. The summed E-state index contributed by atoms with van der Waals surface area (Å²) in [5, 5.41) is 33.9. The first-order valence-electron chi connectivity index (χ1n) is 15.5. The van der Waals surface area contributed by atoms with Crippen LogP contribution >= 0.6 is 21.6 Å². The topological polar surface area (TPSA) is 97.6 Å². The van der Waals surface area contributed by atoms with E-state index in [0.717, 1.165) is 41.0 Å². The predicted molar refractivity (Wildman–Crippen MR) is 175 cm³/mol. The maximum Gasteiger partial charge on any atom is 0.200 e. The number of hydrogen-bond donors (Lipinski definition) is 3. The Hall–Kier alpha value is -2.88. The zero-order valence-electron chi connectivity index (χ0n) is 25.4. The zero-order valence-corrected chi connectivity index (χ0v) is 27.0. The molecule has 2 aliphatic carbocycles. The smallest absolute Gasteiger partial charge is 0.200 e. The van der Waals surface area contributed by atoms with E-state index in [1.165, 1.54) is 57.5 Å². The third kappa shape index (κ3) is 5.14. The molecule has 7 rings (SSSR count). The van der Waals surface area contributed by atoms with Crippen molar-refractivity contribution in [1.82, 2.24) is 0 Å². The summed E-state index contributed by atoms with van der Waals surface area (Å²) < 4.78 is 23.7. The van der Waals surface area contributed by atoms with Crippen molar-refractivity contribution < 1.29 is 34.3 Å². The van der Waals surface area contributed by atoms with Crippen LogP contribution in [0.2, 0.25) is 0 Å². The van der Waals surface area contributed by atoms with Gasteiger partial charge in [0.2, 0.25) is 5.75 Å². The lowest BCUT2D eigenvalue weighted by Gasteiger charge is -2.41. The van der Waals surface area contributed by atoms with Gasteiger partial charge >= 0.3 is 0 Å². The van der Waals surface area contributed by atoms with Crippen molar-refractivity contribution in [3.8, 4) is 45.6 Å². The van der Waals surface area contributed by atoms with E-state index in [2.05, 4.69) is 0 Å². The van der Waals surface area contributed by atoms with Gasteiger partial charge in [-0.15, -0.1) is 0 Å². The minimum absolute atomic E-state index is 0.0873. The molecule has 4 bridgehead atoms. The third-order valence-corrected chi connectivity index (χ3v) is 13.1. The fourth-order valence-corrected chi connectivity index (χ4v) is 11.1. The van der Waals surface area contributed by atoms with Crippen LogP contribution in [0, 0.1) is 5.92 Å². The normalized spacial score (nSPS) is 27.5. The minimum Gasteiger partial charge on any atom is -0.508 e. The molecule has 44 heavy (non-hydrogen) atoms. The summed E-state index contributed by atoms with van der Waals surface area (Å²) in [7, 11) is 8.53. The van der Waals surface area contributed by atoms with E-state index < -0.39 is 12.2 Å². The Balaban J connectivity index is 1.41. The highest BCUT2D eigenvalue weighted by Gasteiger charge is 2.44. The van der Waals surface area contributed by atoms with Crippen LogP contribution in [0.25, 0.3) is 11.1 Å². The fraction of sp³-hybridized carbons (Fsp3) is 0.486. The predicted octanol–water partition coefficient (Wildman–Crippen LogP) is 7.74. The van der Waals surface area contributed by atoms with Gasteiger partial charge < -0.3 is 34.3 Å². The molecule has 1 saturated carbocycles. The van der Waals surface area contributed by atoms with Gasteiger partial charge in [-0.1, -0.05) is 40.5 Å². The van der Waals surface area contributed by atoms with Gasteiger partial charge in [0.05, 0.1) is 21.3 Å². The number of aromatic hydroxyl groups is 2. The summed E-state index contributed by atoms with van der Waals surface area (Å²) in [6.07, 6.45) is 6.51. The molecule has 0 radical (unpaired) electrons. The number of methoxy groups -OCH3 is 3. The number of aliphatic hydroxyl groups is 1. The van der Waals surface area contributed by atoms with E-state index in [4.69, 9.17) is 18.9 Å². The molecule has 7 nitrogen and oxygen atoms in total. The van der Waals surface area contributed by atoms with E-state index in [0.29, 0.717) is 22.5 Å². The second kappa shape index (κ2) is 12.1. The van der Waals surface area contributed by atoms with E-state index in [1.807, 2.05) is 39.8 Å². The van der Waals surface area contributed by atoms with Gasteiger partial charge in [0.1, 0.15) is 23.4 Å². The SMILES string of the molecule is COc1cc([C@H]2Oc3cc(OC)c4c5c3[C@@H](CSS[C@H]3CCC[C@H](CC[C@H](C5)c5cc(O)ccc5-4)C3)[C@H]2O)cc(OC)c1O. The summed E-state index contributed by atoms with van der Waals surface area (Å²) in [6, 6.07) is 11.1.